The summed E-state index contributed by atoms with van der Waals surface area (Å²) in [7, 11) is 2.00. The molecule has 1 aliphatic heterocycles. The third kappa shape index (κ3) is 4.52. The maximum Gasteiger partial charge on any atom is 0.276 e. The Hall–Kier alpha value is -4.18. The summed E-state index contributed by atoms with van der Waals surface area (Å²) in [5, 5.41) is 17.8. The van der Waals surface area contributed by atoms with E-state index in [9.17, 15) is 4.79 Å². The number of likely N-dealkylation sites (tertiary alicyclic amines) is 1. The lowest BCUT2D eigenvalue weighted by atomic mass is 10.0. The van der Waals surface area contributed by atoms with Crippen molar-refractivity contribution in [2.75, 3.05) is 18.4 Å². The largest absolute Gasteiger partial charge is 0.367 e. The van der Waals surface area contributed by atoms with Crippen molar-refractivity contribution < 1.29 is 4.79 Å². The maximum atomic E-state index is 13.3. The SMILES string of the molecule is Bc1cnn2c(NC3CCN(C(=O)c4nn(-c5ccccc5)nc4C)CC3)cc(-c3ccccc3Cl)nc12. The average molecular weight is 525 g/mol. The van der Waals surface area contributed by atoms with Crippen LogP contribution in [0.4, 0.5) is 5.82 Å². The van der Waals surface area contributed by atoms with Gasteiger partial charge < -0.3 is 10.2 Å². The second-order valence-corrected chi connectivity index (χ2v) is 9.95. The van der Waals surface area contributed by atoms with Crippen LogP contribution >= 0.6 is 11.6 Å². The first-order valence-corrected chi connectivity index (χ1v) is 13.0. The number of aryl methyl sites for hydroxylation is 1. The molecule has 1 aliphatic rings. The quantitative estimate of drug-likeness (QED) is 0.355. The number of hydrogen-bond acceptors (Lipinski definition) is 6. The number of hydrogen-bond donors (Lipinski definition) is 1. The summed E-state index contributed by atoms with van der Waals surface area (Å²) in [6.45, 7) is 3.07. The number of amides is 1. The molecule has 190 valence electrons. The second kappa shape index (κ2) is 9.94. The molecular formula is C27H26BClN8O. The van der Waals surface area contributed by atoms with Crippen molar-refractivity contribution in [2.24, 2.45) is 0 Å². The van der Waals surface area contributed by atoms with Gasteiger partial charge in [0.25, 0.3) is 5.91 Å². The van der Waals surface area contributed by atoms with Crippen LogP contribution in [0.25, 0.3) is 22.6 Å². The van der Waals surface area contributed by atoms with Crippen LogP contribution in [-0.4, -0.2) is 67.4 Å². The summed E-state index contributed by atoms with van der Waals surface area (Å²) in [6.07, 6.45) is 3.41. The Morgan fingerprint density at radius 3 is 2.55 bits per heavy atom. The molecular weight excluding hydrogens is 499 g/mol. The van der Waals surface area contributed by atoms with Crippen LogP contribution in [0.2, 0.25) is 5.02 Å². The van der Waals surface area contributed by atoms with Crippen LogP contribution in [0, 0.1) is 6.92 Å². The summed E-state index contributed by atoms with van der Waals surface area (Å²) in [4.78, 5) is 21.5. The van der Waals surface area contributed by atoms with Crippen molar-refractivity contribution in [2.45, 2.75) is 25.8 Å². The highest BCUT2D eigenvalue weighted by atomic mass is 35.5. The summed E-state index contributed by atoms with van der Waals surface area (Å²) < 4.78 is 1.83. The molecule has 0 saturated carbocycles. The predicted molar refractivity (Wildman–Crippen MR) is 150 cm³/mol. The van der Waals surface area contributed by atoms with Crippen molar-refractivity contribution in [3.8, 4) is 16.9 Å². The zero-order valence-corrected chi connectivity index (χ0v) is 21.9. The second-order valence-electron chi connectivity index (χ2n) is 9.54. The highest BCUT2D eigenvalue weighted by molar-refractivity contribution is 6.36. The number of rotatable bonds is 5. The molecule has 2 aromatic carbocycles. The number of nitrogens with zero attached hydrogens (tertiary/aromatic N) is 7. The van der Waals surface area contributed by atoms with Crippen LogP contribution < -0.4 is 10.8 Å². The average Bonchev–Trinajstić information content (AvgIpc) is 3.52. The van der Waals surface area contributed by atoms with E-state index in [1.54, 1.807) is 0 Å². The lowest BCUT2D eigenvalue weighted by molar-refractivity contribution is 0.0711. The van der Waals surface area contributed by atoms with Crippen LogP contribution in [0.3, 0.4) is 0 Å². The molecule has 3 aromatic heterocycles. The Labute approximate surface area is 225 Å². The number of carbonyl (C=O) groups excluding carboxylic acids is 1. The zero-order chi connectivity index (χ0) is 26.2. The third-order valence-corrected chi connectivity index (χ3v) is 7.23. The van der Waals surface area contributed by atoms with Crippen molar-refractivity contribution in [1.82, 2.24) is 34.5 Å². The molecule has 4 heterocycles. The first-order chi connectivity index (χ1) is 18.5. The van der Waals surface area contributed by atoms with Crippen molar-refractivity contribution in [3.63, 3.8) is 0 Å². The molecule has 0 aliphatic carbocycles. The molecule has 0 unspecified atom stereocenters. The number of piperidine rings is 1. The number of carbonyl (C=O) groups is 1. The molecule has 0 radical (unpaired) electrons. The van der Waals surface area contributed by atoms with E-state index in [4.69, 9.17) is 16.6 Å². The zero-order valence-electron chi connectivity index (χ0n) is 21.2. The highest BCUT2D eigenvalue weighted by Gasteiger charge is 2.28. The van der Waals surface area contributed by atoms with E-state index < -0.39 is 0 Å². The Morgan fingerprint density at radius 2 is 1.79 bits per heavy atom. The van der Waals surface area contributed by atoms with Gasteiger partial charge in [0, 0.05) is 42.0 Å². The lowest BCUT2D eigenvalue weighted by Gasteiger charge is -2.32. The fourth-order valence-electron chi connectivity index (χ4n) is 4.82. The maximum absolute atomic E-state index is 13.3. The fourth-order valence-corrected chi connectivity index (χ4v) is 5.05. The number of anilines is 1. The summed E-state index contributed by atoms with van der Waals surface area (Å²) in [5.41, 5.74) is 5.28. The third-order valence-electron chi connectivity index (χ3n) is 6.90. The molecule has 1 fully saturated rings. The number of fused-ring (bicyclic) bond motifs is 1. The normalized spacial score (nSPS) is 14.2. The van der Waals surface area contributed by atoms with E-state index in [1.807, 2.05) is 91.0 Å². The van der Waals surface area contributed by atoms with Gasteiger partial charge in [0.2, 0.25) is 0 Å². The van der Waals surface area contributed by atoms with Crippen LogP contribution in [0.1, 0.15) is 29.0 Å². The van der Waals surface area contributed by atoms with E-state index in [0.717, 1.165) is 46.7 Å². The Kier molecular flexibility index (Phi) is 6.33. The summed E-state index contributed by atoms with van der Waals surface area (Å²) in [6, 6.07) is 19.5. The minimum atomic E-state index is -0.0851. The van der Waals surface area contributed by atoms with E-state index in [0.29, 0.717) is 29.5 Å². The van der Waals surface area contributed by atoms with E-state index in [2.05, 4.69) is 20.6 Å². The molecule has 9 nitrogen and oxygen atoms in total. The first-order valence-electron chi connectivity index (χ1n) is 12.6. The molecule has 1 saturated heterocycles. The number of benzene rings is 2. The van der Waals surface area contributed by atoms with Crippen LogP contribution in [0.15, 0.2) is 66.9 Å². The van der Waals surface area contributed by atoms with E-state index in [1.165, 1.54) is 4.80 Å². The highest BCUT2D eigenvalue weighted by Crippen LogP contribution is 2.29. The number of halogens is 1. The molecule has 0 bridgehead atoms. The minimum absolute atomic E-state index is 0.0851. The molecule has 1 N–H and O–H groups in total. The first kappa shape index (κ1) is 24.2. The van der Waals surface area contributed by atoms with Gasteiger partial charge in [-0.25, -0.2) is 4.98 Å². The number of para-hydroxylation sites is 1. The fraction of sp³-hybridized carbons (Fsp3) is 0.222. The van der Waals surface area contributed by atoms with Gasteiger partial charge in [-0.2, -0.15) is 19.5 Å². The van der Waals surface area contributed by atoms with Gasteiger partial charge in [0.1, 0.15) is 13.7 Å². The summed E-state index contributed by atoms with van der Waals surface area (Å²) in [5.74, 6) is 0.766. The predicted octanol–water partition coefficient (Wildman–Crippen LogP) is 2.91. The van der Waals surface area contributed by atoms with Crippen LogP contribution in [-0.2, 0) is 0 Å². The Balaban J connectivity index is 1.18. The topological polar surface area (TPSA) is 93.2 Å². The van der Waals surface area contributed by atoms with Crippen molar-refractivity contribution in [3.05, 3.63) is 83.3 Å². The van der Waals surface area contributed by atoms with Gasteiger partial charge in [-0.05, 0) is 43.4 Å². The standard InChI is InChI=1S/C27H26BClN8O/c1-17-25(34-37(33-17)19-7-3-2-4-8-19)27(38)35-13-11-18(12-14-35)31-24-15-23(20-9-5-6-10-22(20)29)32-26-21(28)16-30-36(24)26/h2-10,15-16,18,31H,11-14,28H2,1H3. The van der Waals surface area contributed by atoms with Gasteiger partial charge in [-0.3, -0.25) is 4.79 Å². The van der Waals surface area contributed by atoms with Gasteiger partial charge in [-0.15, -0.1) is 5.10 Å². The molecule has 0 atom stereocenters. The van der Waals surface area contributed by atoms with Gasteiger partial charge in [0.05, 0.1) is 17.1 Å². The molecule has 1 amide bonds. The van der Waals surface area contributed by atoms with E-state index >= 15 is 0 Å². The smallest absolute Gasteiger partial charge is 0.276 e. The van der Waals surface area contributed by atoms with Gasteiger partial charge in [-0.1, -0.05) is 48.0 Å². The van der Waals surface area contributed by atoms with Crippen LogP contribution in [0.5, 0.6) is 0 Å². The molecule has 6 rings (SSSR count). The summed E-state index contributed by atoms with van der Waals surface area (Å²) >= 11 is 6.48. The molecule has 0 spiro atoms. The van der Waals surface area contributed by atoms with Crippen molar-refractivity contribution in [1.29, 1.82) is 0 Å². The van der Waals surface area contributed by atoms with Gasteiger partial charge in [0.15, 0.2) is 11.3 Å². The van der Waals surface area contributed by atoms with Crippen molar-refractivity contribution >= 4 is 42.3 Å². The lowest BCUT2D eigenvalue weighted by Crippen LogP contribution is -2.43. The Bertz CT molecular complexity index is 1630. The monoisotopic (exact) mass is 524 g/mol. The Morgan fingerprint density at radius 1 is 1.05 bits per heavy atom. The molecule has 5 aromatic rings. The number of aromatic nitrogens is 6. The molecule has 11 heteroatoms. The van der Waals surface area contributed by atoms with E-state index in [-0.39, 0.29) is 11.9 Å². The number of nitrogens with one attached hydrogen (secondary N) is 1. The minimum Gasteiger partial charge on any atom is -0.367 e. The van der Waals surface area contributed by atoms with Gasteiger partial charge >= 0.3 is 0 Å². The molecule has 38 heavy (non-hydrogen) atoms.